The molecule has 2 heteroatoms. The van der Waals surface area contributed by atoms with Crippen LogP contribution in [0.25, 0.3) is 0 Å². The highest BCUT2D eigenvalue weighted by Crippen LogP contribution is 2.07. The minimum atomic E-state index is 0.0179. The van der Waals surface area contributed by atoms with Crippen molar-refractivity contribution in [2.24, 2.45) is 0 Å². The van der Waals surface area contributed by atoms with Crippen LogP contribution in [0.15, 0.2) is 30.3 Å². The highest BCUT2D eigenvalue weighted by molar-refractivity contribution is 5.20. The van der Waals surface area contributed by atoms with Crippen molar-refractivity contribution in [3.05, 3.63) is 37.0 Å². The molecule has 1 rings (SSSR count). The van der Waals surface area contributed by atoms with Gasteiger partial charge in [-0.3, -0.25) is 0 Å². The van der Waals surface area contributed by atoms with Gasteiger partial charge in [0.05, 0.1) is 0 Å². The lowest BCUT2D eigenvalue weighted by Gasteiger charge is -2.00. The third-order valence-electron chi connectivity index (χ3n) is 1.06. The second-order valence-corrected chi connectivity index (χ2v) is 1.78. The average Bonchev–Trinajstić information content (AvgIpc) is 2.03. The maximum atomic E-state index is 11.4. The Bertz CT molecular complexity index is 174. The Hall–Kier alpha value is -1.05. The summed E-state index contributed by atoms with van der Waals surface area (Å²) >= 11 is 0. The molecule has 0 heterocycles. The van der Waals surface area contributed by atoms with Crippen molar-refractivity contribution in [3.63, 3.8) is 0 Å². The Morgan fingerprint density at radius 2 is 2.00 bits per heavy atom. The van der Waals surface area contributed by atoms with Gasteiger partial charge in [-0.1, -0.05) is 18.2 Å². The van der Waals surface area contributed by atoms with Crippen LogP contribution in [0.5, 0.6) is 5.75 Å². The van der Waals surface area contributed by atoms with Crippen LogP contribution in [-0.4, -0.2) is 6.61 Å². The fourth-order valence-electron chi connectivity index (χ4n) is 0.644. The van der Waals surface area contributed by atoms with E-state index in [1.807, 2.05) is 18.2 Å². The molecule has 1 radical (unpaired) electrons. The SMILES string of the molecule is F[CH]COc1ccccc1. The van der Waals surface area contributed by atoms with Gasteiger partial charge in [-0.2, -0.15) is 0 Å². The molecule has 1 aromatic carbocycles. The molecule has 0 amide bonds. The summed E-state index contributed by atoms with van der Waals surface area (Å²) in [6.07, 6.45) is 0. The minimum Gasteiger partial charge on any atom is -0.490 e. The van der Waals surface area contributed by atoms with E-state index < -0.39 is 0 Å². The summed E-state index contributed by atoms with van der Waals surface area (Å²) < 4.78 is 16.4. The predicted octanol–water partition coefficient (Wildman–Crippen LogP) is 2.20. The molecule has 0 aliphatic rings. The highest BCUT2D eigenvalue weighted by Gasteiger charge is 1.88. The van der Waals surface area contributed by atoms with Gasteiger partial charge in [-0.05, 0) is 12.1 Å². The van der Waals surface area contributed by atoms with Gasteiger partial charge in [0.1, 0.15) is 12.4 Å². The van der Waals surface area contributed by atoms with Gasteiger partial charge in [-0.15, -0.1) is 0 Å². The molecule has 0 fully saturated rings. The van der Waals surface area contributed by atoms with Crippen LogP contribution in [0.1, 0.15) is 0 Å². The minimum absolute atomic E-state index is 0.0179. The van der Waals surface area contributed by atoms with Gasteiger partial charge in [0, 0.05) is 0 Å². The van der Waals surface area contributed by atoms with Crippen LogP contribution >= 0.6 is 0 Å². The first-order valence-corrected chi connectivity index (χ1v) is 3.03. The number of halogens is 1. The Morgan fingerprint density at radius 3 is 2.60 bits per heavy atom. The molecule has 0 aliphatic carbocycles. The van der Waals surface area contributed by atoms with Crippen LogP contribution in [0.3, 0.4) is 0 Å². The van der Waals surface area contributed by atoms with E-state index in [1.165, 1.54) is 0 Å². The smallest absolute Gasteiger partial charge is 0.168 e. The number of rotatable bonds is 3. The van der Waals surface area contributed by atoms with Crippen molar-refractivity contribution in [1.82, 2.24) is 0 Å². The first-order valence-electron chi connectivity index (χ1n) is 3.03. The van der Waals surface area contributed by atoms with Crippen molar-refractivity contribution in [2.75, 3.05) is 6.61 Å². The van der Waals surface area contributed by atoms with E-state index in [0.29, 0.717) is 12.4 Å². The van der Waals surface area contributed by atoms with Crippen molar-refractivity contribution >= 4 is 0 Å². The van der Waals surface area contributed by atoms with Crippen molar-refractivity contribution in [1.29, 1.82) is 0 Å². The van der Waals surface area contributed by atoms with Gasteiger partial charge in [0.25, 0.3) is 0 Å². The molecule has 0 saturated heterocycles. The molecule has 0 saturated carbocycles. The molecule has 0 N–H and O–H groups in total. The molecule has 0 bridgehead atoms. The Balaban J connectivity index is 2.43. The largest absolute Gasteiger partial charge is 0.490 e. The molecule has 0 atom stereocenters. The second kappa shape index (κ2) is 3.88. The number of para-hydroxylation sites is 1. The molecule has 53 valence electrons. The second-order valence-electron chi connectivity index (χ2n) is 1.78. The zero-order chi connectivity index (χ0) is 7.23. The van der Waals surface area contributed by atoms with E-state index in [-0.39, 0.29) is 6.61 Å². The maximum absolute atomic E-state index is 11.4. The predicted molar refractivity (Wildman–Crippen MR) is 37.3 cm³/mol. The molecule has 0 aromatic heterocycles. The fourth-order valence-corrected chi connectivity index (χ4v) is 0.644. The Morgan fingerprint density at radius 1 is 1.30 bits per heavy atom. The number of hydrogen-bond donors (Lipinski definition) is 0. The molecule has 0 spiro atoms. The molecule has 1 aromatic rings. The van der Waals surface area contributed by atoms with Crippen molar-refractivity contribution in [3.8, 4) is 5.75 Å². The van der Waals surface area contributed by atoms with Crippen molar-refractivity contribution in [2.45, 2.75) is 0 Å². The summed E-state index contributed by atoms with van der Waals surface area (Å²) in [5.41, 5.74) is 0. The van der Waals surface area contributed by atoms with E-state index in [1.54, 1.807) is 12.1 Å². The first-order chi connectivity index (χ1) is 4.93. The molecule has 0 unspecified atom stereocenters. The fraction of sp³-hybridized carbons (Fsp3) is 0.125. The van der Waals surface area contributed by atoms with Crippen LogP contribution in [0, 0.1) is 6.67 Å². The molecule has 10 heavy (non-hydrogen) atoms. The van der Waals surface area contributed by atoms with Gasteiger partial charge in [-0.25, -0.2) is 4.39 Å². The summed E-state index contributed by atoms with van der Waals surface area (Å²) in [7, 11) is 0. The summed E-state index contributed by atoms with van der Waals surface area (Å²) in [5, 5.41) is 0. The van der Waals surface area contributed by atoms with Gasteiger partial charge >= 0.3 is 0 Å². The molecular weight excluding hydrogens is 131 g/mol. The monoisotopic (exact) mass is 139 g/mol. The van der Waals surface area contributed by atoms with E-state index in [9.17, 15) is 4.39 Å². The number of benzene rings is 1. The topological polar surface area (TPSA) is 9.23 Å². The zero-order valence-electron chi connectivity index (χ0n) is 5.46. The third kappa shape index (κ3) is 2.05. The maximum Gasteiger partial charge on any atom is 0.168 e. The van der Waals surface area contributed by atoms with Crippen LogP contribution in [0.2, 0.25) is 0 Å². The quantitative estimate of drug-likeness (QED) is 0.623. The molecule has 0 aliphatic heterocycles. The lowest BCUT2D eigenvalue weighted by atomic mass is 10.3. The Kier molecular flexibility index (Phi) is 2.74. The lowest BCUT2D eigenvalue weighted by Crippen LogP contribution is -1.93. The number of ether oxygens (including phenoxy) is 1. The van der Waals surface area contributed by atoms with Crippen molar-refractivity contribution < 1.29 is 9.13 Å². The average molecular weight is 139 g/mol. The van der Waals surface area contributed by atoms with E-state index in [0.717, 1.165) is 0 Å². The first kappa shape index (κ1) is 7.06. The van der Waals surface area contributed by atoms with Gasteiger partial charge in [0.2, 0.25) is 0 Å². The van der Waals surface area contributed by atoms with E-state index >= 15 is 0 Å². The van der Waals surface area contributed by atoms with Crippen LogP contribution in [0.4, 0.5) is 4.39 Å². The summed E-state index contributed by atoms with van der Waals surface area (Å²) in [6.45, 7) is 0.497. The number of hydrogen-bond acceptors (Lipinski definition) is 1. The lowest BCUT2D eigenvalue weighted by molar-refractivity contribution is 0.313. The summed E-state index contributed by atoms with van der Waals surface area (Å²) in [6, 6.07) is 9.13. The normalized spacial score (nSPS) is 9.30. The van der Waals surface area contributed by atoms with Crippen LogP contribution < -0.4 is 4.74 Å². The molecular formula is C8H8FO. The highest BCUT2D eigenvalue weighted by atomic mass is 19.1. The Labute approximate surface area is 59.4 Å². The zero-order valence-corrected chi connectivity index (χ0v) is 5.46. The van der Waals surface area contributed by atoms with Gasteiger partial charge in [0.15, 0.2) is 6.67 Å². The standard InChI is InChI=1S/C8H8FO/c9-6-7-10-8-4-2-1-3-5-8/h1-6H,7H2. The van der Waals surface area contributed by atoms with E-state index in [2.05, 4.69) is 0 Å². The van der Waals surface area contributed by atoms with E-state index in [4.69, 9.17) is 4.74 Å². The van der Waals surface area contributed by atoms with Crippen LogP contribution in [-0.2, 0) is 0 Å². The summed E-state index contributed by atoms with van der Waals surface area (Å²) in [5.74, 6) is 0.691. The molecule has 1 nitrogen and oxygen atoms in total. The third-order valence-corrected chi connectivity index (χ3v) is 1.06. The summed E-state index contributed by atoms with van der Waals surface area (Å²) in [4.78, 5) is 0. The van der Waals surface area contributed by atoms with Gasteiger partial charge < -0.3 is 4.74 Å².